The second kappa shape index (κ2) is 7.11. The first-order valence-corrected chi connectivity index (χ1v) is 9.61. The normalized spacial score (nSPS) is 20.8. The predicted molar refractivity (Wildman–Crippen MR) is 106 cm³/mol. The minimum Gasteiger partial charge on any atom is -0.324 e. The van der Waals surface area contributed by atoms with Crippen molar-refractivity contribution >= 4 is 23.5 Å². The third-order valence-corrected chi connectivity index (χ3v) is 5.65. The van der Waals surface area contributed by atoms with Crippen LogP contribution in [0.1, 0.15) is 30.0 Å². The van der Waals surface area contributed by atoms with Crippen LogP contribution in [-0.2, 0) is 28.9 Å². The van der Waals surface area contributed by atoms with Crippen molar-refractivity contribution in [1.29, 1.82) is 0 Å². The standard InChI is InChI=1S/C22H23N3O3/c1-2-15-7-5-6-10-18(15)23-19(26)14-25-20(27)22(24-21(25)28)12-11-16-8-3-4-9-17(16)13-22/h3-10H,2,11-14H2,1H3,(H,23,26)(H,24,28). The Bertz CT molecular complexity index is 956. The molecule has 2 aromatic carbocycles. The van der Waals surface area contributed by atoms with Crippen molar-refractivity contribution in [3.05, 3.63) is 65.2 Å². The van der Waals surface area contributed by atoms with Gasteiger partial charge in [0.15, 0.2) is 0 Å². The molecule has 0 radical (unpaired) electrons. The monoisotopic (exact) mass is 377 g/mol. The highest BCUT2D eigenvalue weighted by molar-refractivity contribution is 6.10. The van der Waals surface area contributed by atoms with Gasteiger partial charge in [0.2, 0.25) is 5.91 Å². The minimum atomic E-state index is -0.937. The third kappa shape index (κ3) is 3.15. The summed E-state index contributed by atoms with van der Waals surface area (Å²) in [4.78, 5) is 39.1. The van der Waals surface area contributed by atoms with E-state index < -0.39 is 11.6 Å². The number of imide groups is 1. The summed E-state index contributed by atoms with van der Waals surface area (Å²) in [7, 11) is 0. The Morgan fingerprint density at radius 3 is 2.61 bits per heavy atom. The first-order valence-electron chi connectivity index (χ1n) is 9.61. The van der Waals surface area contributed by atoms with E-state index in [1.807, 2.05) is 49.4 Å². The number of hydrogen-bond acceptors (Lipinski definition) is 3. The van der Waals surface area contributed by atoms with E-state index >= 15 is 0 Å². The molecule has 1 atom stereocenters. The number of fused-ring (bicyclic) bond motifs is 1. The van der Waals surface area contributed by atoms with Gasteiger partial charge < -0.3 is 10.6 Å². The molecule has 144 valence electrons. The van der Waals surface area contributed by atoms with Crippen LogP contribution in [0.5, 0.6) is 0 Å². The maximum absolute atomic E-state index is 13.1. The third-order valence-electron chi connectivity index (χ3n) is 5.65. The number of rotatable bonds is 4. The average molecular weight is 377 g/mol. The van der Waals surface area contributed by atoms with Gasteiger partial charge in [-0.15, -0.1) is 0 Å². The predicted octanol–water partition coefficient (Wildman–Crippen LogP) is 2.67. The lowest BCUT2D eigenvalue weighted by atomic mass is 9.78. The fourth-order valence-electron chi connectivity index (χ4n) is 4.13. The van der Waals surface area contributed by atoms with Crippen LogP contribution in [0, 0.1) is 0 Å². The highest BCUT2D eigenvalue weighted by Gasteiger charge is 2.52. The second-order valence-corrected chi connectivity index (χ2v) is 7.41. The van der Waals surface area contributed by atoms with Gasteiger partial charge in [0.05, 0.1) is 0 Å². The zero-order valence-electron chi connectivity index (χ0n) is 15.8. The number of carbonyl (C=O) groups excluding carboxylic acids is 3. The molecule has 0 saturated carbocycles. The van der Waals surface area contributed by atoms with E-state index in [1.165, 1.54) is 5.56 Å². The molecular weight excluding hydrogens is 354 g/mol. The Labute approximate surface area is 163 Å². The maximum Gasteiger partial charge on any atom is 0.325 e. The van der Waals surface area contributed by atoms with Crippen LogP contribution in [0.15, 0.2) is 48.5 Å². The van der Waals surface area contributed by atoms with E-state index in [0.29, 0.717) is 18.5 Å². The Morgan fingerprint density at radius 1 is 1.11 bits per heavy atom. The van der Waals surface area contributed by atoms with Crippen molar-refractivity contribution in [2.45, 2.75) is 38.1 Å². The SMILES string of the molecule is CCc1ccccc1NC(=O)CN1C(=O)NC2(CCc3ccccc3C2)C1=O. The Kier molecular flexibility index (Phi) is 4.63. The highest BCUT2D eigenvalue weighted by Crippen LogP contribution is 2.33. The van der Waals surface area contributed by atoms with Crippen molar-refractivity contribution in [3.63, 3.8) is 0 Å². The molecular formula is C22H23N3O3. The molecule has 1 saturated heterocycles. The lowest BCUT2D eigenvalue weighted by molar-refractivity contribution is -0.134. The molecule has 6 heteroatoms. The minimum absolute atomic E-state index is 0.286. The molecule has 2 aromatic rings. The zero-order valence-corrected chi connectivity index (χ0v) is 15.8. The lowest BCUT2D eigenvalue weighted by Crippen LogP contribution is -2.51. The smallest absolute Gasteiger partial charge is 0.324 e. The van der Waals surface area contributed by atoms with Gasteiger partial charge in [-0.1, -0.05) is 49.4 Å². The van der Waals surface area contributed by atoms with Gasteiger partial charge in [-0.3, -0.25) is 14.5 Å². The summed E-state index contributed by atoms with van der Waals surface area (Å²) < 4.78 is 0. The van der Waals surface area contributed by atoms with Gasteiger partial charge in [-0.05, 0) is 42.0 Å². The van der Waals surface area contributed by atoms with Crippen molar-refractivity contribution in [2.75, 3.05) is 11.9 Å². The molecule has 28 heavy (non-hydrogen) atoms. The number of amides is 4. The molecule has 1 aliphatic carbocycles. The topological polar surface area (TPSA) is 78.5 Å². The number of aryl methyl sites for hydroxylation is 2. The van der Waals surface area contributed by atoms with Gasteiger partial charge in [0.1, 0.15) is 12.1 Å². The summed E-state index contributed by atoms with van der Waals surface area (Å²) >= 11 is 0. The number of benzene rings is 2. The Balaban J connectivity index is 1.48. The molecule has 6 nitrogen and oxygen atoms in total. The summed E-state index contributed by atoms with van der Waals surface area (Å²) in [5, 5.41) is 5.68. The fourth-order valence-corrected chi connectivity index (χ4v) is 4.13. The van der Waals surface area contributed by atoms with Crippen molar-refractivity contribution < 1.29 is 14.4 Å². The van der Waals surface area contributed by atoms with Crippen LogP contribution >= 0.6 is 0 Å². The lowest BCUT2D eigenvalue weighted by Gasteiger charge is -2.32. The quantitative estimate of drug-likeness (QED) is 0.804. The number of carbonyl (C=O) groups is 3. The number of nitrogens with zero attached hydrogens (tertiary/aromatic N) is 1. The van der Waals surface area contributed by atoms with Crippen LogP contribution in [0.2, 0.25) is 0 Å². The van der Waals surface area contributed by atoms with E-state index in [4.69, 9.17) is 0 Å². The molecule has 1 spiro atoms. The molecule has 0 aromatic heterocycles. The molecule has 4 amide bonds. The van der Waals surface area contributed by atoms with Crippen LogP contribution in [0.4, 0.5) is 10.5 Å². The summed E-state index contributed by atoms with van der Waals surface area (Å²) in [6.07, 6.45) is 2.52. The van der Waals surface area contributed by atoms with Crippen LogP contribution in [0.3, 0.4) is 0 Å². The van der Waals surface area contributed by atoms with Crippen LogP contribution in [0.25, 0.3) is 0 Å². The molecule has 1 heterocycles. The summed E-state index contributed by atoms with van der Waals surface area (Å²) in [5.74, 6) is -0.691. The van der Waals surface area contributed by atoms with Gasteiger partial charge in [-0.2, -0.15) is 0 Å². The average Bonchev–Trinajstić information content (AvgIpc) is 2.92. The first-order chi connectivity index (χ1) is 13.5. The molecule has 2 aliphatic rings. The Morgan fingerprint density at radius 2 is 1.82 bits per heavy atom. The number of hydrogen-bond donors (Lipinski definition) is 2. The molecule has 1 aliphatic heterocycles. The largest absolute Gasteiger partial charge is 0.325 e. The number of anilines is 1. The van der Waals surface area contributed by atoms with E-state index in [0.717, 1.165) is 28.9 Å². The molecule has 1 fully saturated rings. The second-order valence-electron chi connectivity index (χ2n) is 7.41. The van der Waals surface area contributed by atoms with Gasteiger partial charge >= 0.3 is 6.03 Å². The fraction of sp³-hybridized carbons (Fsp3) is 0.318. The molecule has 0 bridgehead atoms. The number of para-hydroxylation sites is 1. The maximum atomic E-state index is 13.1. The Hall–Kier alpha value is -3.15. The molecule has 4 rings (SSSR count). The van der Waals surface area contributed by atoms with Gasteiger partial charge in [-0.25, -0.2) is 4.79 Å². The van der Waals surface area contributed by atoms with Gasteiger partial charge in [0.25, 0.3) is 5.91 Å². The number of nitrogens with one attached hydrogen (secondary N) is 2. The van der Waals surface area contributed by atoms with E-state index in [2.05, 4.69) is 16.7 Å². The van der Waals surface area contributed by atoms with E-state index in [-0.39, 0.29) is 18.4 Å². The molecule has 2 N–H and O–H groups in total. The first kappa shape index (κ1) is 18.2. The summed E-state index contributed by atoms with van der Waals surface area (Å²) in [6, 6.07) is 15.0. The zero-order chi connectivity index (χ0) is 19.7. The van der Waals surface area contributed by atoms with Crippen LogP contribution in [-0.4, -0.2) is 34.8 Å². The number of urea groups is 1. The summed E-state index contributed by atoms with van der Waals surface area (Å²) in [6.45, 7) is 1.72. The highest BCUT2D eigenvalue weighted by atomic mass is 16.2. The van der Waals surface area contributed by atoms with Crippen molar-refractivity contribution in [3.8, 4) is 0 Å². The van der Waals surface area contributed by atoms with E-state index in [1.54, 1.807) is 0 Å². The van der Waals surface area contributed by atoms with E-state index in [9.17, 15) is 14.4 Å². The summed E-state index contributed by atoms with van der Waals surface area (Å²) in [5.41, 5.74) is 3.07. The van der Waals surface area contributed by atoms with Crippen molar-refractivity contribution in [2.24, 2.45) is 0 Å². The van der Waals surface area contributed by atoms with Crippen molar-refractivity contribution in [1.82, 2.24) is 10.2 Å². The molecule has 1 unspecified atom stereocenters. The van der Waals surface area contributed by atoms with Gasteiger partial charge in [0, 0.05) is 12.1 Å². The van der Waals surface area contributed by atoms with Crippen LogP contribution < -0.4 is 10.6 Å².